The van der Waals surface area contributed by atoms with Crippen LogP contribution in [-0.2, 0) is 0 Å². The topological polar surface area (TPSA) is 26.0 Å². The quantitative estimate of drug-likeness (QED) is 0.632. The standard InChI is InChI=1S/C9H15N/c1-8(6-7-10)9-4-2-3-5-9/h4H,1-3,5-7,10H2. The monoisotopic (exact) mass is 137 g/mol. The molecular formula is C9H15N. The van der Waals surface area contributed by atoms with Crippen molar-refractivity contribution in [1.82, 2.24) is 0 Å². The molecule has 0 unspecified atom stereocenters. The molecule has 0 aliphatic heterocycles. The second-order valence-electron chi connectivity index (χ2n) is 2.76. The van der Waals surface area contributed by atoms with Crippen LogP contribution in [-0.4, -0.2) is 6.54 Å². The molecule has 0 bridgehead atoms. The minimum absolute atomic E-state index is 0.732. The lowest BCUT2D eigenvalue weighted by Gasteiger charge is -2.02. The Morgan fingerprint density at radius 2 is 2.50 bits per heavy atom. The first kappa shape index (κ1) is 7.55. The molecule has 0 aromatic heterocycles. The molecule has 0 aromatic carbocycles. The molecule has 1 aliphatic carbocycles. The second-order valence-corrected chi connectivity index (χ2v) is 2.76. The number of hydrogen-bond donors (Lipinski definition) is 1. The maximum Gasteiger partial charge on any atom is -0.00368 e. The molecule has 0 spiro atoms. The summed E-state index contributed by atoms with van der Waals surface area (Å²) in [5, 5.41) is 0. The highest BCUT2D eigenvalue weighted by Crippen LogP contribution is 2.24. The third-order valence-electron chi connectivity index (χ3n) is 1.94. The van der Waals surface area contributed by atoms with Crippen LogP contribution in [0.5, 0.6) is 0 Å². The summed E-state index contributed by atoms with van der Waals surface area (Å²) in [7, 11) is 0. The predicted molar refractivity (Wildman–Crippen MR) is 44.7 cm³/mol. The first-order valence-electron chi connectivity index (χ1n) is 3.92. The van der Waals surface area contributed by atoms with Crippen LogP contribution >= 0.6 is 0 Å². The van der Waals surface area contributed by atoms with Crippen LogP contribution in [0.2, 0.25) is 0 Å². The lowest BCUT2D eigenvalue weighted by Crippen LogP contribution is -2.00. The highest BCUT2D eigenvalue weighted by molar-refractivity contribution is 5.30. The Morgan fingerprint density at radius 1 is 1.70 bits per heavy atom. The second kappa shape index (κ2) is 3.57. The normalized spacial score (nSPS) is 17.1. The van der Waals surface area contributed by atoms with Gasteiger partial charge in [0.25, 0.3) is 0 Å². The Bertz CT molecular complexity index is 156. The predicted octanol–water partition coefficient (Wildman–Crippen LogP) is 2.00. The Labute approximate surface area is 62.6 Å². The van der Waals surface area contributed by atoms with Crippen LogP contribution in [0.4, 0.5) is 0 Å². The number of nitrogens with two attached hydrogens (primary N) is 1. The Balaban J connectivity index is 2.40. The zero-order valence-electron chi connectivity index (χ0n) is 6.40. The summed E-state index contributed by atoms with van der Waals surface area (Å²) in [5.74, 6) is 0. The minimum atomic E-state index is 0.732. The first-order chi connectivity index (χ1) is 4.84. The van der Waals surface area contributed by atoms with E-state index in [4.69, 9.17) is 5.73 Å². The molecule has 2 N–H and O–H groups in total. The smallest absolute Gasteiger partial charge is 0.00368 e. The maximum atomic E-state index is 5.41. The molecule has 0 radical (unpaired) electrons. The van der Waals surface area contributed by atoms with Gasteiger partial charge in [0.1, 0.15) is 0 Å². The molecule has 0 saturated heterocycles. The maximum absolute atomic E-state index is 5.41. The summed E-state index contributed by atoms with van der Waals surface area (Å²) in [6, 6.07) is 0. The van der Waals surface area contributed by atoms with Gasteiger partial charge in [-0.2, -0.15) is 0 Å². The number of rotatable bonds is 3. The van der Waals surface area contributed by atoms with Crippen molar-refractivity contribution in [3.8, 4) is 0 Å². The Kier molecular flexibility index (Phi) is 2.69. The van der Waals surface area contributed by atoms with Crippen molar-refractivity contribution in [2.24, 2.45) is 5.73 Å². The van der Waals surface area contributed by atoms with Gasteiger partial charge in [-0.3, -0.25) is 0 Å². The van der Waals surface area contributed by atoms with Crippen molar-refractivity contribution in [1.29, 1.82) is 0 Å². The van der Waals surface area contributed by atoms with E-state index in [0.29, 0.717) is 0 Å². The van der Waals surface area contributed by atoms with E-state index in [-0.39, 0.29) is 0 Å². The van der Waals surface area contributed by atoms with Gasteiger partial charge in [0, 0.05) is 0 Å². The summed E-state index contributed by atoms with van der Waals surface area (Å²) in [4.78, 5) is 0. The average Bonchev–Trinajstić information content (AvgIpc) is 2.38. The van der Waals surface area contributed by atoms with Gasteiger partial charge in [0.2, 0.25) is 0 Å². The fraction of sp³-hybridized carbons (Fsp3) is 0.556. The van der Waals surface area contributed by atoms with E-state index in [9.17, 15) is 0 Å². The third-order valence-corrected chi connectivity index (χ3v) is 1.94. The van der Waals surface area contributed by atoms with Crippen molar-refractivity contribution in [2.75, 3.05) is 6.54 Å². The lowest BCUT2D eigenvalue weighted by atomic mass is 10.0. The van der Waals surface area contributed by atoms with Gasteiger partial charge in [-0.15, -0.1) is 0 Å². The van der Waals surface area contributed by atoms with Crippen LogP contribution in [0, 0.1) is 0 Å². The third kappa shape index (κ3) is 1.71. The van der Waals surface area contributed by atoms with Crippen LogP contribution in [0.1, 0.15) is 25.7 Å². The molecule has 1 rings (SSSR count). The van der Waals surface area contributed by atoms with E-state index in [0.717, 1.165) is 13.0 Å². The van der Waals surface area contributed by atoms with E-state index in [1.807, 2.05) is 0 Å². The van der Waals surface area contributed by atoms with E-state index in [1.54, 1.807) is 0 Å². The molecule has 1 aliphatic rings. The molecule has 10 heavy (non-hydrogen) atoms. The number of allylic oxidation sites excluding steroid dienone is 2. The van der Waals surface area contributed by atoms with Gasteiger partial charge >= 0.3 is 0 Å². The van der Waals surface area contributed by atoms with Crippen molar-refractivity contribution < 1.29 is 0 Å². The van der Waals surface area contributed by atoms with Crippen LogP contribution in [0.15, 0.2) is 23.8 Å². The van der Waals surface area contributed by atoms with Gasteiger partial charge in [0.05, 0.1) is 0 Å². The molecule has 0 aromatic rings. The summed E-state index contributed by atoms with van der Waals surface area (Å²) in [6.45, 7) is 4.71. The van der Waals surface area contributed by atoms with E-state index in [2.05, 4.69) is 12.7 Å². The van der Waals surface area contributed by atoms with Crippen LogP contribution in [0.3, 0.4) is 0 Å². The van der Waals surface area contributed by atoms with Gasteiger partial charge in [-0.1, -0.05) is 18.2 Å². The first-order valence-corrected chi connectivity index (χ1v) is 3.92. The molecule has 0 fully saturated rings. The zero-order chi connectivity index (χ0) is 7.40. The summed E-state index contributed by atoms with van der Waals surface area (Å²) < 4.78 is 0. The molecular weight excluding hydrogens is 122 g/mol. The highest BCUT2D eigenvalue weighted by atomic mass is 14.5. The SMILES string of the molecule is C=C(CCN)C1=CCCC1. The van der Waals surface area contributed by atoms with Gasteiger partial charge in [-0.25, -0.2) is 0 Å². The summed E-state index contributed by atoms with van der Waals surface area (Å²) in [5.41, 5.74) is 8.11. The summed E-state index contributed by atoms with van der Waals surface area (Å²) in [6.07, 6.45) is 7.01. The van der Waals surface area contributed by atoms with Crippen molar-refractivity contribution in [3.05, 3.63) is 23.8 Å². The molecule has 56 valence electrons. The number of hydrogen-bond acceptors (Lipinski definition) is 1. The molecule has 0 atom stereocenters. The molecule has 0 heterocycles. The zero-order valence-corrected chi connectivity index (χ0v) is 6.40. The Hall–Kier alpha value is -0.560. The van der Waals surface area contributed by atoms with Crippen LogP contribution in [0.25, 0.3) is 0 Å². The average molecular weight is 137 g/mol. The largest absolute Gasteiger partial charge is 0.330 e. The molecule has 1 heteroatoms. The minimum Gasteiger partial charge on any atom is -0.330 e. The molecule has 1 nitrogen and oxygen atoms in total. The van der Waals surface area contributed by atoms with Gasteiger partial charge < -0.3 is 5.73 Å². The van der Waals surface area contributed by atoms with Gasteiger partial charge in [0.15, 0.2) is 0 Å². The van der Waals surface area contributed by atoms with Crippen molar-refractivity contribution in [3.63, 3.8) is 0 Å². The van der Waals surface area contributed by atoms with E-state index in [1.165, 1.54) is 30.4 Å². The fourth-order valence-corrected chi connectivity index (χ4v) is 1.33. The van der Waals surface area contributed by atoms with Gasteiger partial charge in [-0.05, 0) is 37.8 Å². The van der Waals surface area contributed by atoms with Crippen LogP contribution < -0.4 is 5.73 Å². The van der Waals surface area contributed by atoms with E-state index < -0.39 is 0 Å². The fourth-order valence-electron chi connectivity index (χ4n) is 1.33. The Morgan fingerprint density at radius 3 is 3.00 bits per heavy atom. The molecule has 0 saturated carbocycles. The molecule has 0 amide bonds. The lowest BCUT2D eigenvalue weighted by molar-refractivity contribution is 0.886. The summed E-state index contributed by atoms with van der Waals surface area (Å²) >= 11 is 0. The van der Waals surface area contributed by atoms with E-state index >= 15 is 0 Å². The highest BCUT2D eigenvalue weighted by Gasteiger charge is 2.06. The van der Waals surface area contributed by atoms with Crippen molar-refractivity contribution >= 4 is 0 Å². The van der Waals surface area contributed by atoms with Crippen molar-refractivity contribution in [2.45, 2.75) is 25.7 Å².